The van der Waals surface area contributed by atoms with Gasteiger partial charge in [-0.2, -0.15) is 0 Å². The fourth-order valence-corrected chi connectivity index (χ4v) is 2.57. The third-order valence-electron chi connectivity index (χ3n) is 3.30. The molecule has 0 aliphatic heterocycles. The number of carbonyl (C=O) groups is 3. The van der Waals surface area contributed by atoms with Crippen molar-refractivity contribution in [2.45, 2.75) is 6.10 Å². The van der Waals surface area contributed by atoms with Crippen LogP contribution in [0.5, 0.6) is 11.5 Å². The normalized spacial score (nSPS) is 10.7. The molecule has 1 atom stereocenters. The van der Waals surface area contributed by atoms with Crippen LogP contribution in [0.4, 0.5) is 0 Å². The van der Waals surface area contributed by atoms with Crippen LogP contribution in [0.3, 0.4) is 0 Å². The minimum atomic E-state index is -1.25. The number of hydrogen-bond acceptors (Lipinski definition) is 6. The zero-order valence-electron chi connectivity index (χ0n) is 14.5. The van der Waals surface area contributed by atoms with Gasteiger partial charge in [0.2, 0.25) is 6.10 Å². The van der Waals surface area contributed by atoms with Crippen molar-refractivity contribution in [3.8, 4) is 11.5 Å². The molecule has 7 nitrogen and oxygen atoms in total. The Balaban J connectivity index is 0.000000289. The molecule has 0 aliphatic rings. The van der Waals surface area contributed by atoms with E-state index in [0.29, 0.717) is 28.4 Å². The van der Waals surface area contributed by atoms with Gasteiger partial charge >= 0.3 is 0 Å². The van der Waals surface area contributed by atoms with Crippen molar-refractivity contribution >= 4 is 41.9 Å². The number of hydrogen-bond donors (Lipinski definition) is 1. The highest BCUT2D eigenvalue weighted by Crippen LogP contribution is 2.33. The summed E-state index contributed by atoms with van der Waals surface area (Å²) in [6, 6.07) is 9.84. The van der Waals surface area contributed by atoms with Crippen LogP contribution in [0.2, 0.25) is 10.0 Å². The Hall–Kier alpha value is -2.77. The first-order valence-corrected chi connectivity index (χ1v) is 8.15. The van der Waals surface area contributed by atoms with Crippen LogP contribution >= 0.6 is 23.2 Å². The molecule has 0 fully saturated rings. The topological polar surface area (TPSA) is 105 Å². The molecule has 0 aromatic heterocycles. The second-order valence-electron chi connectivity index (χ2n) is 4.84. The Labute approximate surface area is 165 Å². The largest absolute Gasteiger partial charge is 0.496 e. The lowest BCUT2D eigenvalue weighted by molar-refractivity contribution is -0.143. The maximum Gasteiger partial charge on any atom is 0.294 e. The molecule has 144 valence electrons. The van der Waals surface area contributed by atoms with Crippen LogP contribution in [0.15, 0.2) is 36.4 Å². The maximum absolute atomic E-state index is 11.1. The summed E-state index contributed by atoms with van der Waals surface area (Å²) in [6.07, 6.45) is -0.567. The molecule has 2 N–H and O–H groups in total. The highest BCUT2D eigenvalue weighted by molar-refractivity contribution is 6.33. The lowest BCUT2D eigenvalue weighted by atomic mass is 10.1. The molecule has 0 bridgehead atoms. The van der Waals surface area contributed by atoms with E-state index in [0.717, 1.165) is 0 Å². The number of halogens is 2. The van der Waals surface area contributed by atoms with E-state index in [1.165, 1.54) is 14.2 Å². The predicted octanol–water partition coefficient (Wildman–Crippen LogP) is 3.21. The van der Waals surface area contributed by atoms with E-state index < -0.39 is 12.0 Å². The molecule has 0 heterocycles. The lowest BCUT2D eigenvalue weighted by Crippen LogP contribution is -2.24. The van der Waals surface area contributed by atoms with Crippen LogP contribution in [0.25, 0.3) is 0 Å². The highest BCUT2D eigenvalue weighted by atomic mass is 35.5. The number of ether oxygens (including phenoxy) is 3. The molecule has 2 aromatic carbocycles. The number of primary amides is 1. The molecular formula is C18H17Cl2NO6. The number of aldehydes is 1. The summed E-state index contributed by atoms with van der Waals surface area (Å²) < 4.78 is 14.5. The molecule has 2 rings (SSSR count). The predicted molar refractivity (Wildman–Crippen MR) is 100 cm³/mol. The van der Waals surface area contributed by atoms with Crippen LogP contribution in [-0.2, 0) is 14.3 Å². The van der Waals surface area contributed by atoms with E-state index in [1.807, 2.05) is 0 Å². The third-order valence-corrected chi connectivity index (χ3v) is 3.95. The quantitative estimate of drug-likeness (QED) is 0.698. The zero-order chi connectivity index (χ0) is 20.4. The summed E-state index contributed by atoms with van der Waals surface area (Å²) in [6.45, 7) is 0.137. The van der Waals surface area contributed by atoms with Gasteiger partial charge in [-0.3, -0.25) is 14.4 Å². The van der Waals surface area contributed by atoms with Crippen molar-refractivity contribution in [1.82, 2.24) is 0 Å². The zero-order valence-corrected chi connectivity index (χ0v) is 16.0. The summed E-state index contributed by atoms with van der Waals surface area (Å²) in [5.41, 5.74) is 5.75. The highest BCUT2D eigenvalue weighted by Gasteiger charge is 2.25. The molecule has 0 saturated carbocycles. The van der Waals surface area contributed by atoms with Crippen LogP contribution in [0.1, 0.15) is 22.0 Å². The van der Waals surface area contributed by atoms with E-state index >= 15 is 0 Å². The van der Waals surface area contributed by atoms with Gasteiger partial charge in [-0.15, -0.1) is 0 Å². The van der Waals surface area contributed by atoms with E-state index in [-0.39, 0.29) is 17.1 Å². The standard InChI is InChI=1S/C10H10ClNO4.C8H7ClO2/c1-15-7-4-2-3-6(11)8(7)9(10(12)14)16-5-13;1-11-8-4-2-3-7(9)6(8)5-10/h2-5,9H,1H3,(H2,12,14);2-5H,1H3. The average molecular weight is 414 g/mol. The van der Waals surface area contributed by atoms with Crippen LogP contribution < -0.4 is 15.2 Å². The number of carbonyl (C=O) groups excluding carboxylic acids is 3. The summed E-state index contributed by atoms with van der Waals surface area (Å²) in [5.74, 6) is 0.0177. The minimum absolute atomic E-state index is 0.137. The third kappa shape index (κ3) is 5.87. The van der Waals surface area contributed by atoms with Gasteiger partial charge in [0.25, 0.3) is 12.4 Å². The number of methoxy groups -OCH3 is 2. The summed E-state index contributed by atoms with van der Waals surface area (Å²) in [5, 5.41) is 0.657. The van der Waals surface area contributed by atoms with Gasteiger partial charge in [0.05, 0.1) is 35.4 Å². The first kappa shape index (κ1) is 22.3. The Morgan fingerprint density at radius 3 is 2.00 bits per heavy atom. The van der Waals surface area contributed by atoms with Gasteiger partial charge in [0, 0.05) is 0 Å². The van der Waals surface area contributed by atoms with E-state index in [1.54, 1.807) is 36.4 Å². The van der Waals surface area contributed by atoms with Gasteiger partial charge < -0.3 is 19.9 Å². The molecule has 0 radical (unpaired) electrons. The van der Waals surface area contributed by atoms with Gasteiger partial charge in [-0.25, -0.2) is 0 Å². The van der Waals surface area contributed by atoms with Crippen LogP contribution in [0, 0.1) is 0 Å². The SMILES string of the molecule is COc1cccc(Cl)c1C(OC=O)C(N)=O.COc1cccc(Cl)c1C=O. The Bertz CT molecular complexity index is 812. The Morgan fingerprint density at radius 2 is 1.56 bits per heavy atom. The second-order valence-corrected chi connectivity index (χ2v) is 5.66. The fraction of sp³-hybridized carbons (Fsp3) is 0.167. The summed E-state index contributed by atoms with van der Waals surface area (Å²) in [4.78, 5) is 31.9. The van der Waals surface area contributed by atoms with Gasteiger partial charge in [0.15, 0.2) is 6.29 Å². The lowest BCUT2D eigenvalue weighted by Gasteiger charge is -2.16. The van der Waals surface area contributed by atoms with E-state index in [4.69, 9.17) is 38.4 Å². The van der Waals surface area contributed by atoms with Gasteiger partial charge in [-0.05, 0) is 24.3 Å². The number of benzene rings is 2. The summed E-state index contributed by atoms with van der Waals surface area (Å²) in [7, 11) is 2.91. The fourth-order valence-electron chi connectivity index (χ4n) is 2.09. The van der Waals surface area contributed by atoms with Gasteiger partial charge in [-0.1, -0.05) is 35.3 Å². The van der Waals surface area contributed by atoms with Crippen molar-refractivity contribution in [3.05, 3.63) is 57.6 Å². The van der Waals surface area contributed by atoms with Crippen molar-refractivity contribution in [2.75, 3.05) is 14.2 Å². The van der Waals surface area contributed by atoms with Crippen molar-refractivity contribution < 1.29 is 28.6 Å². The average Bonchev–Trinajstić information content (AvgIpc) is 2.66. The van der Waals surface area contributed by atoms with Crippen molar-refractivity contribution in [2.24, 2.45) is 5.73 Å². The van der Waals surface area contributed by atoms with Gasteiger partial charge in [0.1, 0.15) is 11.5 Å². The first-order chi connectivity index (χ1) is 12.9. The van der Waals surface area contributed by atoms with Crippen molar-refractivity contribution in [3.63, 3.8) is 0 Å². The molecule has 0 saturated heterocycles. The number of nitrogens with two attached hydrogens (primary N) is 1. The molecule has 0 spiro atoms. The molecule has 27 heavy (non-hydrogen) atoms. The first-order valence-electron chi connectivity index (χ1n) is 7.39. The molecule has 9 heteroatoms. The smallest absolute Gasteiger partial charge is 0.294 e. The number of amides is 1. The molecule has 2 aromatic rings. The molecule has 0 aliphatic carbocycles. The van der Waals surface area contributed by atoms with Crippen molar-refractivity contribution in [1.29, 1.82) is 0 Å². The van der Waals surface area contributed by atoms with E-state index in [2.05, 4.69) is 4.74 Å². The minimum Gasteiger partial charge on any atom is -0.496 e. The van der Waals surface area contributed by atoms with Crippen LogP contribution in [-0.4, -0.2) is 32.9 Å². The molecule has 1 amide bonds. The second kappa shape index (κ2) is 11.1. The maximum atomic E-state index is 11.1. The number of rotatable bonds is 7. The molecule has 1 unspecified atom stereocenters. The van der Waals surface area contributed by atoms with E-state index in [9.17, 15) is 14.4 Å². The molecular weight excluding hydrogens is 397 g/mol. The Kier molecular flexibility index (Phi) is 9.12. The Morgan fingerprint density at radius 1 is 1.00 bits per heavy atom. The monoisotopic (exact) mass is 413 g/mol. The summed E-state index contributed by atoms with van der Waals surface area (Å²) >= 11 is 11.6.